The number of ether oxygens (including phenoxy) is 1. The van der Waals surface area contributed by atoms with Crippen molar-refractivity contribution in [2.75, 3.05) is 18.9 Å². The van der Waals surface area contributed by atoms with Crippen LogP contribution in [0, 0.1) is 0 Å². The summed E-state index contributed by atoms with van der Waals surface area (Å²) in [5.74, 6) is -0.917. The number of thiazole rings is 1. The summed E-state index contributed by atoms with van der Waals surface area (Å²) < 4.78 is 5.54. The first-order chi connectivity index (χ1) is 13.5. The highest BCUT2D eigenvalue weighted by Gasteiger charge is 2.27. The molecule has 3 aromatic rings. The van der Waals surface area contributed by atoms with Crippen molar-refractivity contribution in [3.05, 3.63) is 52.7 Å². The first-order valence-electron chi connectivity index (χ1n) is 9.03. The van der Waals surface area contributed by atoms with Crippen LogP contribution in [0.1, 0.15) is 28.5 Å². The smallest absolute Gasteiger partial charge is 0.339 e. The molecule has 28 heavy (non-hydrogen) atoms. The number of carbonyl (C=O) groups is 2. The van der Waals surface area contributed by atoms with Crippen LogP contribution in [0.4, 0.5) is 5.13 Å². The highest BCUT2D eigenvalue weighted by atomic mass is 32.1. The maximum absolute atomic E-state index is 13.1. The molecule has 1 aliphatic rings. The summed E-state index contributed by atoms with van der Waals surface area (Å²) in [6, 6.07) is 7.53. The zero-order valence-corrected chi connectivity index (χ0v) is 16.5. The normalized spacial score (nSPS) is 15.1. The number of esters is 1. The van der Waals surface area contributed by atoms with E-state index in [9.17, 15) is 9.59 Å². The van der Waals surface area contributed by atoms with Crippen LogP contribution < -0.4 is 5.32 Å². The number of aromatic nitrogens is 2. The maximum Gasteiger partial charge on any atom is 0.339 e. The van der Waals surface area contributed by atoms with Gasteiger partial charge in [-0.25, -0.2) is 9.78 Å². The summed E-state index contributed by atoms with van der Waals surface area (Å²) >= 11 is 1.31. The number of rotatable bonds is 4. The van der Waals surface area contributed by atoms with Crippen LogP contribution in [0.3, 0.4) is 0 Å². The lowest BCUT2D eigenvalue weighted by Crippen LogP contribution is -2.32. The molecule has 1 unspecified atom stereocenters. The molecule has 0 radical (unpaired) electrons. The van der Waals surface area contributed by atoms with Crippen LogP contribution in [-0.4, -0.2) is 46.4 Å². The predicted molar refractivity (Wildman–Crippen MR) is 107 cm³/mol. The third kappa shape index (κ3) is 3.61. The molecule has 2 aromatic heterocycles. The molecule has 7 nitrogen and oxygen atoms in total. The summed E-state index contributed by atoms with van der Waals surface area (Å²) in [6.45, 7) is 3.07. The molecule has 0 saturated carbocycles. The Morgan fingerprint density at radius 1 is 1.32 bits per heavy atom. The topological polar surface area (TPSA) is 84.4 Å². The molecular formula is C20H20N4O3S. The van der Waals surface area contributed by atoms with E-state index in [1.54, 1.807) is 18.5 Å². The molecule has 1 N–H and O–H groups in total. The van der Waals surface area contributed by atoms with Gasteiger partial charge in [0, 0.05) is 47.7 Å². The van der Waals surface area contributed by atoms with Crippen molar-refractivity contribution in [2.24, 2.45) is 0 Å². The molecule has 0 fully saturated rings. The lowest BCUT2D eigenvalue weighted by atomic mass is 9.96. The lowest BCUT2D eigenvalue weighted by molar-refractivity contribution is -0.123. The van der Waals surface area contributed by atoms with Crippen molar-refractivity contribution >= 4 is 39.2 Å². The quantitative estimate of drug-likeness (QED) is 0.683. The Morgan fingerprint density at radius 3 is 2.93 bits per heavy atom. The molecular weight excluding hydrogens is 376 g/mol. The van der Waals surface area contributed by atoms with E-state index in [-0.39, 0.29) is 0 Å². The molecule has 1 amide bonds. The Bertz CT molecular complexity index is 1040. The number of nitrogens with zero attached hydrogens (tertiary/aromatic N) is 3. The Morgan fingerprint density at radius 2 is 2.14 bits per heavy atom. The van der Waals surface area contributed by atoms with E-state index in [0.29, 0.717) is 17.2 Å². The SMILES string of the molecule is CC(OC(=O)c1c2c(nc3ccccc13)CCN(C)C2)C(=O)Nc1nccs1. The number of fused-ring (bicyclic) bond motifs is 2. The minimum Gasteiger partial charge on any atom is -0.449 e. The van der Waals surface area contributed by atoms with Gasteiger partial charge < -0.3 is 9.64 Å². The zero-order valence-electron chi connectivity index (χ0n) is 15.6. The van der Waals surface area contributed by atoms with Crippen LogP contribution in [0.25, 0.3) is 10.9 Å². The first-order valence-corrected chi connectivity index (χ1v) is 9.91. The van der Waals surface area contributed by atoms with Gasteiger partial charge in [-0.2, -0.15) is 0 Å². The molecule has 4 rings (SSSR count). The first kappa shape index (κ1) is 18.5. The van der Waals surface area contributed by atoms with Crippen molar-refractivity contribution in [2.45, 2.75) is 26.0 Å². The van der Waals surface area contributed by atoms with Crippen LogP contribution in [0.2, 0.25) is 0 Å². The van der Waals surface area contributed by atoms with E-state index in [2.05, 4.69) is 15.2 Å². The van der Waals surface area contributed by atoms with E-state index in [1.165, 1.54) is 11.3 Å². The molecule has 1 atom stereocenters. The van der Waals surface area contributed by atoms with Gasteiger partial charge in [-0.15, -0.1) is 11.3 Å². The number of nitrogens with one attached hydrogen (secondary N) is 1. The average molecular weight is 396 g/mol. The van der Waals surface area contributed by atoms with Gasteiger partial charge in [0.25, 0.3) is 5.91 Å². The van der Waals surface area contributed by atoms with Gasteiger partial charge in [0.1, 0.15) is 0 Å². The van der Waals surface area contributed by atoms with Crippen molar-refractivity contribution in [1.82, 2.24) is 14.9 Å². The van der Waals surface area contributed by atoms with Crippen molar-refractivity contribution < 1.29 is 14.3 Å². The summed E-state index contributed by atoms with van der Waals surface area (Å²) in [6.07, 6.45) is 1.43. The van der Waals surface area contributed by atoms with Crippen LogP contribution >= 0.6 is 11.3 Å². The van der Waals surface area contributed by atoms with Gasteiger partial charge in [-0.1, -0.05) is 18.2 Å². The van der Waals surface area contributed by atoms with E-state index in [4.69, 9.17) is 9.72 Å². The number of pyridine rings is 1. The molecule has 1 aromatic carbocycles. The molecule has 0 aliphatic carbocycles. The summed E-state index contributed by atoms with van der Waals surface area (Å²) in [7, 11) is 2.01. The molecule has 144 valence electrons. The Balaban J connectivity index is 1.65. The molecule has 0 spiro atoms. The van der Waals surface area contributed by atoms with Gasteiger partial charge >= 0.3 is 5.97 Å². The fourth-order valence-electron chi connectivity index (χ4n) is 3.32. The number of hydrogen-bond donors (Lipinski definition) is 1. The third-order valence-electron chi connectivity index (χ3n) is 4.76. The molecule has 3 heterocycles. The molecule has 8 heteroatoms. The highest BCUT2D eigenvalue weighted by Crippen LogP contribution is 2.28. The summed E-state index contributed by atoms with van der Waals surface area (Å²) in [4.78, 5) is 36.3. The number of likely N-dealkylation sites (N-methyl/N-ethyl adjacent to an activating group) is 1. The summed E-state index contributed by atoms with van der Waals surface area (Å²) in [5.41, 5.74) is 3.06. The predicted octanol–water partition coefficient (Wildman–Crippen LogP) is 2.86. The second-order valence-corrected chi connectivity index (χ2v) is 7.69. The van der Waals surface area contributed by atoms with Gasteiger partial charge in [-0.3, -0.25) is 15.1 Å². The van der Waals surface area contributed by atoms with Crippen molar-refractivity contribution in [3.63, 3.8) is 0 Å². The highest BCUT2D eigenvalue weighted by molar-refractivity contribution is 7.13. The largest absolute Gasteiger partial charge is 0.449 e. The second-order valence-electron chi connectivity index (χ2n) is 6.79. The summed E-state index contributed by atoms with van der Waals surface area (Å²) in [5, 5.41) is 5.64. The monoisotopic (exact) mass is 396 g/mol. The standard InChI is InChI=1S/C20H20N4O3S/c1-12(18(25)23-20-21-8-10-28-20)27-19(26)17-13-5-3-4-6-15(13)22-16-7-9-24(2)11-14(16)17/h3-6,8,10,12H,7,9,11H2,1-2H3,(H,21,23,25). The van der Waals surface area contributed by atoms with E-state index >= 15 is 0 Å². The number of amides is 1. The van der Waals surface area contributed by atoms with Crippen LogP contribution in [0.15, 0.2) is 35.8 Å². The number of carbonyl (C=O) groups excluding carboxylic acids is 2. The van der Waals surface area contributed by atoms with E-state index < -0.39 is 18.0 Å². The van der Waals surface area contributed by atoms with Gasteiger partial charge in [0.2, 0.25) is 0 Å². The zero-order chi connectivity index (χ0) is 19.7. The Kier molecular flexibility index (Phi) is 5.06. The van der Waals surface area contributed by atoms with E-state index in [1.807, 2.05) is 31.3 Å². The van der Waals surface area contributed by atoms with Gasteiger partial charge in [0.05, 0.1) is 11.1 Å². The molecule has 1 aliphatic heterocycles. The average Bonchev–Trinajstić information content (AvgIpc) is 3.19. The third-order valence-corrected chi connectivity index (χ3v) is 5.45. The lowest BCUT2D eigenvalue weighted by Gasteiger charge is -2.27. The number of hydrogen-bond acceptors (Lipinski definition) is 7. The Labute approximate surface area is 166 Å². The van der Waals surface area contributed by atoms with Crippen LogP contribution in [0.5, 0.6) is 0 Å². The van der Waals surface area contributed by atoms with Crippen LogP contribution in [-0.2, 0) is 22.5 Å². The van der Waals surface area contributed by atoms with Crippen molar-refractivity contribution in [1.29, 1.82) is 0 Å². The van der Waals surface area contributed by atoms with E-state index in [0.717, 1.165) is 35.1 Å². The fraction of sp³-hybridized carbons (Fsp3) is 0.300. The minimum absolute atomic E-state index is 0.410. The number of benzene rings is 1. The van der Waals surface area contributed by atoms with Crippen molar-refractivity contribution in [3.8, 4) is 0 Å². The molecule has 0 saturated heterocycles. The van der Waals surface area contributed by atoms with Gasteiger partial charge in [-0.05, 0) is 20.0 Å². The van der Waals surface area contributed by atoms with Gasteiger partial charge in [0.15, 0.2) is 11.2 Å². The fourth-order valence-corrected chi connectivity index (χ4v) is 3.86. The maximum atomic E-state index is 13.1. The minimum atomic E-state index is -0.944. The number of para-hydroxylation sites is 1. The number of anilines is 1. The molecule has 0 bridgehead atoms. The Hall–Kier alpha value is -2.84. The second kappa shape index (κ2) is 7.65.